The number of aromatic nitrogens is 2. The highest BCUT2D eigenvalue weighted by Crippen LogP contribution is 2.34. The smallest absolute Gasteiger partial charge is 0.231 e. The lowest BCUT2D eigenvalue weighted by molar-refractivity contribution is -0.129. The highest BCUT2D eigenvalue weighted by Gasteiger charge is 2.32. The summed E-state index contributed by atoms with van der Waals surface area (Å²) in [7, 11) is 0. The summed E-state index contributed by atoms with van der Waals surface area (Å²) in [5.74, 6) is 2.47. The third-order valence-electron chi connectivity index (χ3n) is 4.97. The SMILES string of the molecule is O=C(Cc1cccs1)N1CC[C@H](c2nc(C3CCCC3)no2)C1. The third-order valence-corrected chi connectivity index (χ3v) is 5.85. The number of hydrogen-bond donors (Lipinski definition) is 0. The molecule has 4 rings (SSSR count). The van der Waals surface area contributed by atoms with Crippen LogP contribution in [0.4, 0.5) is 0 Å². The first-order chi connectivity index (χ1) is 11.3. The van der Waals surface area contributed by atoms with E-state index >= 15 is 0 Å². The van der Waals surface area contributed by atoms with E-state index < -0.39 is 0 Å². The molecule has 0 unspecified atom stereocenters. The second-order valence-corrected chi connectivity index (χ2v) is 7.59. The minimum absolute atomic E-state index is 0.199. The summed E-state index contributed by atoms with van der Waals surface area (Å²) in [4.78, 5) is 20.1. The van der Waals surface area contributed by atoms with Gasteiger partial charge >= 0.3 is 0 Å². The molecule has 1 aliphatic carbocycles. The first kappa shape index (κ1) is 14.9. The van der Waals surface area contributed by atoms with Gasteiger partial charge in [0.25, 0.3) is 0 Å². The number of thiophene rings is 1. The number of hydrogen-bond acceptors (Lipinski definition) is 5. The van der Waals surface area contributed by atoms with Gasteiger partial charge in [-0.1, -0.05) is 24.1 Å². The zero-order valence-electron chi connectivity index (χ0n) is 13.1. The molecule has 0 N–H and O–H groups in total. The Labute approximate surface area is 139 Å². The lowest BCUT2D eigenvalue weighted by Crippen LogP contribution is -2.29. The second-order valence-electron chi connectivity index (χ2n) is 6.55. The van der Waals surface area contributed by atoms with Crippen molar-refractivity contribution >= 4 is 17.2 Å². The summed E-state index contributed by atoms with van der Waals surface area (Å²) in [6.45, 7) is 1.49. The van der Waals surface area contributed by atoms with Crippen molar-refractivity contribution in [3.8, 4) is 0 Å². The number of likely N-dealkylation sites (tertiary alicyclic amines) is 1. The molecule has 2 aromatic heterocycles. The molecule has 6 heteroatoms. The van der Waals surface area contributed by atoms with Crippen molar-refractivity contribution in [2.24, 2.45) is 0 Å². The van der Waals surface area contributed by atoms with Crippen LogP contribution in [-0.4, -0.2) is 34.0 Å². The van der Waals surface area contributed by atoms with Crippen LogP contribution in [0.15, 0.2) is 22.0 Å². The molecule has 122 valence electrons. The van der Waals surface area contributed by atoms with Gasteiger partial charge in [0.1, 0.15) is 0 Å². The van der Waals surface area contributed by atoms with E-state index in [0.29, 0.717) is 18.9 Å². The van der Waals surface area contributed by atoms with Gasteiger partial charge in [-0.05, 0) is 30.7 Å². The number of nitrogens with zero attached hydrogens (tertiary/aromatic N) is 3. The van der Waals surface area contributed by atoms with Gasteiger partial charge in [0.05, 0.1) is 12.3 Å². The van der Waals surface area contributed by atoms with Gasteiger partial charge in [0.15, 0.2) is 5.82 Å². The Kier molecular flexibility index (Phi) is 4.16. The summed E-state index contributed by atoms with van der Waals surface area (Å²) in [6.07, 6.45) is 6.31. The lowest BCUT2D eigenvalue weighted by atomic mass is 10.1. The average molecular weight is 331 g/mol. The van der Waals surface area contributed by atoms with Crippen LogP contribution in [0.5, 0.6) is 0 Å². The zero-order valence-corrected chi connectivity index (χ0v) is 13.9. The summed E-state index contributed by atoms with van der Waals surface area (Å²) < 4.78 is 5.50. The van der Waals surface area contributed by atoms with E-state index in [9.17, 15) is 4.79 Å². The first-order valence-electron chi connectivity index (χ1n) is 8.43. The molecule has 2 aromatic rings. The first-order valence-corrected chi connectivity index (χ1v) is 9.31. The van der Waals surface area contributed by atoms with Crippen molar-refractivity contribution < 1.29 is 9.32 Å². The van der Waals surface area contributed by atoms with Gasteiger partial charge in [0.2, 0.25) is 11.8 Å². The number of amides is 1. The molecule has 1 saturated carbocycles. The molecular weight excluding hydrogens is 310 g/mol. The van der Waals surface area contributed by atoms with Crippen LogP contribution in [0.25, 0.3) is 0 Å². The van der Waals surface area contributed by atoms with Crippen LogP contribution in [0.2, 0.25) is 0 Å². The monoisotopic (exact) mass is 331 g/mol. The Hall–Kier alpha value is -1.69. The largest absolute Gasteiger partial charge is 0.342 e. The molecule has 0 spiro atoms. The van der Waals surface area contributed by atoms with Gasteiger partial charge in [0, 0.05) is 23.9 Å². The Bertz CT molecular complexity index is 661. The fraction of sp³-hybridized carbons (Fsp3) is 0.588. The molecule has 0 radical (unpaired) electrons. The molecule has 0 bridgehead atoms. The van der Waals surface area contributed by atoms with Crippen LogP contribution in [0, 0.1) is 0 Å². The zero-order chi connectivity index (χ0) is 15.6. The Morgan fingerprint density at radius 3 is 2.96 bits per heavy atom. The molecule has 1 aliphatic heterocycles. The van der Waals surface area contributed by atoms with Gasteiger partial charge in [-0.3, -0.25) is 4.79 Å². The van der Waals surface area contributed by atoms with Gasteiger partial charge in [-0.15, -0.1) is 11.3 Å². The molecule has 1 atom stereocenters. The van der Waals surface area contributed by atoms with Crippen molar-refractivity contribution in [3.63, 3.8) is 0 Å². The maximum atomic E-state index is 12.4. The Morgan fingerprint density at radius 1 is 1.30 bits per heavy atom. The minimum atomic E-state index is 0.199. The van der Waals surface area contributed by atoms with Crippen LogP contribution in [0.3, 0.4) is 0 Å². The van der Waals surface area contributed by atoms with Crippen LogP contribution < -0.4 is 0 Å². The Balaban J connectivity index is 1.37. The molecule has 0 aromatic carbocycles. The van der Waals surface area contributed by atoms with Gasteiger partial charge in [-0.2, -0.15) is 4.98 Å². The normalized spacial score (nSPS) is 22.1. The molecule has 5 nitrogen and oxygen atoms in total. The minimum Gasteiger partial charge on any atom is -0.342 e. The standard InChI is InChI=1S/C17H21N3O2S/c21-15(10-14-6-3-9-23-14)20-8-7-13(11-20)17-18-16(19-22-17)12-4-1-2-5-12/h3,6,9,12-13H,1-2,4-5,7-8,10-11H2/t13-/m0/s1. The fourth-order valence-electron chi connectivity index (χ4n) is 3.63. The van der Waals surface area contributed by atoms with Gasteiger partial charge in [-0.25, -0.2) is 0 Å². The molecular formula is C17H21N3O2S. The van der Waals surface area contributed by atoms with Crippen molar-refractivity contribution in [2.45, 2.75) is 50.4 Å². The predicted octanol–water partition coefficient (Wildman–Crippen LogP) is 3.35. The third kappa shape index (κ3) is 3.17. The molecule has 1 saturated heterocycles. The summed E-state index contributed by atoms with van der Waals surface area (Å²) in [6, 6.07) is 4.01. The van der Waals surface area contributed by atoms with Crippen molar-refractivity contribution in [2.75, 3.05) is 13.1 Å². The molecule has 23 heavy (non-hydrogen) atoms. The second kappa shape index (κ2) is 6.43. The van der Waals surface area contributed by atoms with Crippen LogP contribution in [-0.2, 0) is 11.2 Å². The highest BCUT2D eigenvalue weighted by atomic mass is 32.1. The Morgan fingerprint density at radius 2 is 2.17 bits per heavy atom. The topological polar surface area (TPSA) is 59.2 Å². The van der Waals surface area contributed by atoms with E-state index in [0.717, 1.165) is 29.6 Å². The summed E-state index contributed by atoms with van der Waals surface area (Å²) in [5.41, 5.74) is 0. The van der Waals surface area contributed by atoms with E-state index in [2.05, 4.69) is 10.1 Å². The van der Waals surface area contributed by atoms with Crippen molar-refractivity contribution in [3.05, 3.63) is 34.1 Å². The highest BCUT2D eigenvalue weighted by molar-refractivity contribution is 7.10. The predicted molar refractivity (Wildman–Crippen MR) is 87.5 cm³/mol. The van der Waals surface area contributed by atoms with Crippen LogP contribution in [0.1, 0.15) is 60.5 Å². The number of rotatable bonds is 4. The number of carbonyl (C=O) groups excluding carboxylic acids is 1. The molecule has 2 fully saturated rings. The summed E-state index contributed by atoms with van der Waals surface area (Å²) >= 11 is 1.64. The molecule has 3 heterocycles. The molecule has 2 aliphatic rings. The summed E-state index contributed by atoms with van der Waals surface area (Å²) in [5, 5.41) is 6.20. The maximum absolute atomic E-state index is 12.4. The van der Waals surface area contributed by atoms with Crippen molar-refractivity contribution in [1.29, 1.82) is 0 Å². The van der Waals surface area contributed by atoms with Gasteiger partial charge < -0.3 is 9.42 Å². The van der Waals surface area contributed by atoms with E-state index in [4.69, 9.17) is 4.52 Å². The van der Waals surface area contributed by atoms with E-state index in [1.807, 2.05) is 22.4 Å². The van der Waals surface area contributed by atoms with Crippen molar-refractivity contribution in [1.82, 2.24) is 15.0 Å². The average Bonchev–Trinajstić information content (AvgIpc) is 3.30. The van der Waals surface area contributed by atoms with E-state index in [1.165, 1.54) is 25.7 Å². The number of carbonyl (C=O) groups is 1. The fourth-order valence-corrected chi connectivity index (χ4v) is 4.32. The lowest BCUT2D eigenvalue weighted by Gasteiger charge is -2.15. The van der Waals surface area contributed by atoms with E-state index in [-0.39, 0.29) is 11.8 Å². The van der Waals surface area contributed by atoms with E-state index in [1.54, 1.807) is 11.3 Å². The van der Waals surface area contributed by atoms with Crippen LogP contribution >= 0.6 is 11.3 Å². The maximum Gasteiger partial charge on any atom is 0.231 e. The quantitative estimate of drug-likeness (QED) is 0.862. The molecule has 1 amide bonds.